The lowest BCUT2D eigenvalue weighted by molar-refractivity contribution is -0.119. The molecule has 0 heterocycles. The molecule has 0 aliphatic carbocycles. The summed E-state index contributed by atoms with van der Waals surface area (Å²) in [6.07, 6.45) is 2.99. The van der Waals surface area contributed by atoms with Crippen LogP contribution >= 0.6 is 0 Å². The van der Waals surface area contributed by atoms with E-state index in [4.69, 9.17) is 0 Å². The van der Waals surface area contributed by atoms with Crippen LogP contribution in [0.5, 0.6) is 0 Å². The zero-order valence-corrected chi connectivity index (χ0v) is 13.1. The summed E-state index contributed by atoms with van der Waals surface area (Å²) in [4.78, 5) is 11.9. The van der Waals surface area contributed by atoms with Crippen LogP contribution in [-0.4, -0.2) is 19.0 Å². The van der Waals surface area contributed by atoms with Gasteiger partial charge in [-0.1, -0.05) is 61.9 Å². The Morgan fingerprint density at radius 2 is 1.68 bits per heavy atom. The van der Waals surface area contributed by atoms with Gasteiger partial charge in [-0.05, 0) is 30.0 Å². The number of para-hydroxylation sites is 1. The first-order chi connectivity index (χ1) is 10.8. The van der Waals surface area contributed by atoms with Crippen molar-refractivity contribution in [2.45, 2.75) is 26.2 Å². The van der Waals surface area contributed by atoms with E-state index < -0.39 is 0 Å². The minimum atomic E-state index is 0.0298. The van der Waals surface area contributed by atoms with Gasteiger partial charge in [-0.3, -0.25) is 4.79 Å². The minimum Gasteiger partial charge on any atom is -0.376 e. The molecule has 2 aromatic carbocycles. The molecule has 0 atom stereocenters. The van der Waals surface area contributed by atoms with Gasteiger partial charge in [0.15, 0.2) is 0 Å². The monoisotopic (exact) mass is 296 g/mol. The Morgan fingerprint density at radius 3 is 2.45 bits per heavy atom. The van der Waals surface area contributed by atoms with Crippen LogP contribution in [0.1, 0.15) is 24.5 Å². The molecule has 0 radical (unpaired) electrons. The van der Waals surface area contributed by atoms with Gasteiger partial charge in [0.1, 0.15) is 0 Å². The molecule has 0 aliphatic heterocycles. The first-order valence-corrected chi connectivity index (χ1v) is 7.92. The van der Waals surface area contributed by atoms with Gasteiger partial charge in [0.25, 0.3) is 0 Å². The van der Waals surface area contributed by atoms with E-state index in [1.165, 1.54) is 11.1 Å². The second-order valence-corrected chi connectivity index (χ2v) is 5.35. The van der Waals surface area contributed by atoms with Gasteiger partial charge in [-0.15, -0.1) is 0 Å². The fraction of sp³-hybridized carbons (Fsp3) is 0.316. The molecule has 2 aromatic rings. The standard InChI is InChI=1S/C19H24N2O/c1-2-8-17-11-6-7-12-18(17)21-15-19(22)20-14-13-16-9-4-3-5-10-16/h3-7,9-12,21H,2,8,13-15H2,1H3,(H,20,22). The molecule has 2 rings (SSSR count). The lowest BCUT2D eigenvalue weighted by Crippen LogP contribution is -2.31. The van der Waals surface area contributed by atoms with Crippen LogP contribution in [-0.2, 0) is 17.6 Å². The highest BCUT2D eigenvalue weighted by Crippen LogP contribution is 2.16. The maximum absolute atomic E-state index is 11.9. The number of aryl methyl sites for hydroxylation is 1. The van der Waals surface area contributed by atoms with Crippen molar-refractivity contribution in [1.82, 2.24) is 5.32 Å². The molecule has 0 bridgehead atoms. The zero-order valence-electron chi connectivity index (χ0n) is 13.1. The third-order valence-electron chi connectivity index (χ3n) is 3.55. The van der Waals surface area contributed by atoms with Gasteiger partial charge in [0.05, 0.1) is 6.54 Å². The fourth-order valence-electron chi connectivity index (χ4n) is 2.41. The van der Waals surface area contributed by atoms with Crippen LogP contribution in [0.4, 0.5) is 5.69 Å². The van der Waals surface area contributed by atoms with Crippen LogP contribution in [0.15, 0.2) is 54.6 Å². The Hall–Kier alpha value is -2.29. The van der Waals surface area contributed by atoms with Gasteiger partial charge in [-0.25, -0.2) is 0 Å². The number of anilines is 1. The van der Waals surface area contributed by atoms with Crippen molar-refractivity contribution >= 4 is 11.6 Å². The summed E-state index contributed by atoms with van der Waals surface area (Å²) in [5.41, 5.74) is 3.56. The topological polar surface area (TPSA) is 41.1 Å². The average molecular weight is 296 g/mol. The highest BCUT2D eigenvalue weighted by molar-refractivity contribution is 5.80. The predicted octanol–water partition coefficient (Wildman–Crippen LogP) is 3.41. The number of nitrogens with one attached hydrogen (secondary N) is 2. The first-order valence-electron chi connectivity index (χ1n) is 7.92. The highest BCUT2D eigenvalue weighted by Gasteiger charge is 2.04. The number of hydrogen-bond acceptors (Lipinski definition) is 2. The third kappa shape index (κ3) is 5.24. The van der Waals surface area contributed by atoms with E-state index in [1.54, 1.807) is 0 Å². The van der Waals surface area contributed by atoms with Crippen molar-refractivity contribution in [3.05, 3.63) is 65.7 Å². The van der Waals surface area contributed by atoms with E-state index >= 15 is 0 Å². The normalized spacial score (nSPS) is 10.2. The summed E-state index contributed by atoms with van der Waals surface area (Å²) in [6.45, 7) is 3.14. The van der Waals surface area contributed by atoms with Crippen molar-refractivity contribution in [2.24, 2.45) is 0 Å². The number of hydrogen-bond donors (Lipinski definition) is 2. The van der Waals surface area contributed by atoms with Crippen LogP contribution < -0.4 is 10.6 Å². The van der Waals surface area contributed by atoms with Gasteiger partial charge in [0, 0.05) is 12.2 Å². The summed E-state index contributed by atoms with van der Waals surface area (Å²) >= 11 is 0. The van der Waals surface area contributed by atoms with Gasteiger partial charge in [-0.2, -0.15) is 0 Å². The van der Waals surface area contributed by atoms with E-state index in [2.05, 4.69) is 35.8 Å². The zero-order chi connectivity index (χ0) is 15.6. The molecule has 1 amide bonds. The molecular formula is C19H24N2O. The molecule has 22 heavy (non-hydrogen) atoms. The lowest BCUT2D eigenvalue weighted by Gasteiger charge is -2.11. The van der Waals surface area contributed by atoms with Crippen molar-refractivity contribution in [3.63, 3.8) is 0 Å². The van der Waals surface area contributed by atoms with E-state index in [0.717, 1.165) is 24.9 Å². The Balaban J connectivity index is 1.74. The van der Waals surface area contributed by atoms with Gasteiger partial charge >= 0.3 is 0 Å². The lowest BCUT2D eigenvalue weighted by atomic mass is 10.1. The van der Waals surface area contributed by atoms with Crippen LogP contribution in [0, 0.1) is 0 Å². The smallest absolute Gasteiger partial charge is 0.239 e. The molecule has 0 saturated heterocycles. The molecule has 0 unspecified atom stereocenters. The van der Waals surface area contributed by atoms with Crippen molar-refractivity contribution in [2.75, 3.05) is 18.4 Å². The largest absolute Gasteiger partial charge is 0.376 e. The summed E-state index contributed by atoms with van der Waals surface area (Å²) in [5, 5.41) is 6.19. The number of benzene rings is 2. The molecule has 0 saturated carbocycles. The summed E-state index contributed by atoms with van der Waals surface area (Å²) in [5.74, 6) is 0.0298. The van der Waals surface area contributed by atoms with E-state index in [1.807, 2.05) is 36.4 Å². The predicted molar refractivity (Wildman–Crippen MR) is 92.1 cm³/mol. The Morgan fingerprint density at radius 1 is 0.955 bits per heavy atom. The number of rotatable bonds is 8. The quantitative estimate of drug-likeness (QED) is 0.784. The maximum atomic E-state index is 11.9. The number of amides is 1. The van der Waals surface area contributed by atoms with Crippen molar-refractivity contribution in [1.29, 1.82) is 0 Å². The molecule has 2 N–H and O–H groups in total. The van der Waals surface area contributed by atoms with Crippen LogP contribution in [0.25, 0.3) is 0 Å². The van der Waals surface area contributed by atoms with E-state index in [0.29, 0.717) is 13.1 Å². The summed E-state index contributed by atoms with van der Waals surface area (Å²) < 4.78 is 0. The summed E-state index contributed by atoms with van der Waals surface area (Å²) in [6, 6.07) is 18.4. The Bertz CT molecular complexity index is 581. The van der Waals surface area contributed by atoms with Crippen LogP contribution in [0.2, 0.25) is 0 Å². The second kappa shape index (κ2) is 8.88. The van der Waals surface area contributed by atoms with Gasteiger partial charge < -0.3 is 10.6 Å². The second-order valence-electron chi connectivity index (χ2n) is 5.35. The van der Waals surface area contributed by atoms with Gasteiger partial charge in [0.2, 0.25) is 5.91 Å². The first kappa shape index (κ1) is 16.1. The highest BCUT2D eigenvalue weighted by atomic mass is 16.1. The fourth-order valence-corrected chi connectivity index (χ4v) is 2.41. The minimum absolute atomic E-state index is 0.0298. The molecule has 0 spiro atoms. The summed E-state index contributed by atoms with van der Waals surface area (Å²) in [7, 11) is 0. The number of carbonyl (C=O) groups is 1. The number of carbonyl (C=O) groups excluding carboxylic acids is 1. The van der Waals surface area contributed by atoms with Crippen molar-refractivity contribution < 1.29 is 4.79 Å². The Labute approximate surface area is 132 Å². The molecule has 0 aliphatic rings. The molecule has 3 heteroatoms. The molecular weight excluding hydrogens is 272 g/mol. The maximum Gasteiger partial charge on any atom is 0.239 e. The Kier molecular flexibility index (Phi) is 6.49. The van der Waals surface area contributed by atoms with Crippen molar-refractivity contribution in [3.8, 4) is 0 Å². The molecule has 0 fully saturated rings. The van der Waals surface area contributed by atoms with Crippen LogP contribution in [0.3, 0.4) is 0 Å². The molecule has 0 aromatic heterocycles. The van der Waals surface area contributed by atoms with E-state index in [-0.39, 0.29) is 5.91 Å². The molecule has 116 valence electrons. The third-order valence-corrected chi connectivity index (χ3v) is 3.55. The molecule has 3 nitrogen and oxygen atoms in total. The average Bonchev–Trinajstić information content (AvgIpc) is 2.55. The SMILES string of the molecule is CCCc1ccccc1NCC(=O)NCCc1ccccc1. The van der Waals surface area contributed by atoms with E-state index in [9.17, 15) is 4.79 Å².